The van der Waals surface area contributed by atoms with Crippen LogP contribution in [0.3, 0.4) is 0 Å². The summed E-state index contributed by atoms with van der Waals surface area (Å²) in [5.74, 6) is -2.80. The van der Waals surface area contributed by atoms with Gasteiger partial charge in [-0.3, -0.25) is 19.3 Å². The van der Waals surface area contributed by atoms with Crippen LogP contribution in [0.4, 0.5) is 13.2 Å². The average Bonchev–Trinajstić information content (AvgIpc) is 4.03. The minimum Gasteiger partial charge on any atom is -0.493 e. The van der Waals surface area contributed by atoms with Crippen LogP contribution in [0.15, 0.2) is 66.2 Å². The number of halogens is 3. The number of nitrogens with zero attached hydrogens (tertiary/aromatic N) is 3. The number of fused-ring (bicyclic) bond motifs is 3. The van der Waals surface area contributed by atoms with Crippen molar-refractivity contribution in [3.05, 3.63) is 106 Å². The predicted molar refractivity (Wildman–Crippen MR) is 269 cm³/mol. The van der Waals surface area contributed by atoms with Crippen LogP contribution in [0.25, 0.3) is 21.3 Å². The highest BCUT2D eigenvalue weighted by Crippen LogP contribution is 2.44. The van der Waals surface area contributed by atoms with Gasteiger partial charge in [-0.25, -0.2) is 18.2 Å². The number of likely N-dealkylation sites (tertiary alicyclic amines) is 1. The number of nitrogens with one attached hydrogen (secondary N) is 3. The van der Waals surface area contributed by atoms with Crippen molar-refractivity contribution in [2.75, 3.05) is 46.1 Å². The summed E-state index contributed by atoms with van der Waals surface area (Å²) < 4.78 is 64.3. The third-order valence-corrected chi connectivity index (χ3v) is 14.2. The maximum Gasteiger partial charge on any atom is 0.246 e. The van der Waals surface area contributed by atoms with Gasteiger partial charge in [0.15, 0.2) is 0 Å². The average molecular weight is 1000 g/mol. The summed E-state index contributed by atoms with van der Waals surface area (Å²) in [4.78, 5) is 52.8. The van der Waals surface area contributed by atoms with Crippen LogP contribution in [0.1, 0.15) is 114 Å². The van der Waals surface area contributed by atoms with Crippen LogP contribution >= 0.6 is 11.3 Å². The highest BCUT2D eigenvalue weighted by molar-refractivity contribution is 7.13. The largest absolute Gasteiger partial charge is 0.493 e. The van der Waals surface area contributed by atoms with Crippen LogP contribution < -0.4 is 15.4 Å². The number of carbonyl (C=O) groups is 3. The van der Waals surface area contributed by atoms with Crippen molar-refractivity contribution in [2.24, 2.45) is 5.41 Å². The first-order valence-electron chi connectivity index (χ1n) is 24.6. The SMILES string of the molecule is Cc1ncsc1-c1ccc(C(C)NC(=O)[C@@H]2C[C@@H](O)CN2C(=O)C(NC(=O)COCCOCCCCCOc2cc(F)c([C@@H]3c4[nH]c5ccccc5c4C[C@@H](C)N3CC(C)(C)F)c(F)c2)C(C)(C)C)cc1. The molecule has 0 bridgehead atoms. The Labute approximate surface area is 418 Å². The monoisotopic (exact) mass is 1000 g/mol. The van der Waals surface area contributed by atoms with Crippen LogP contribution in [-0.2, 0) is 30.3 Å². The predicted octanol–water partition coefficient (Wildman–Crippen LogP) is 8.91. The number of aryl methyl sites for hydroxylation is 1. The lowest BCUT2D eigenvalue weighted by Crippen LogP contribution is -2.58. The summed E-state index contributed by atoms with van der Waals surface area (Å²) in [6, 6.07) is 14.7. The molecule has 17 heteroatoms. The van der Waals surface area contributed by atoms with E-state index >= 15 is 13.2 Å². The number of amides is 3. The van der Waals surface area contributed by atoms with Crippen LogP contribution in [0, 0.1) is 24.0 Å². The minimum absolute atomic E-state index is 0.00904. The smallest absolute Gasteiger partial charge is 0.246 e. The Balaban J connectivity index is 0.815. The van der Waals surface area contributed by atoms with E-state index in [-0.39, 0.29) is 75.2 Å². The number of aromatic amines is 1. The molecule has 1 saturated heterocycles. The number of alkyl halides is 1. The fourth-order valence-electron chi connectivity index (χ4n) is 9.68. The maximum absolute atomic E-state index is 16.0. The molecular weight excluding hydrogens is 934 g/mol. The van der Waals surface area contributed by atoms with Gasteiger partial charge in [0.05, 0.1) is 54.1 Å². The standard InChI is InChI=1S/C54H69F3N6O7S/c1-32-24-40-39-14-10-11-15-43(39)60-47(40)48(63(32)30-54(7,8)57)46-41(55)26-38(27-42(46)56)70-21-13-9-12-20-68-22-23-69-29-45(65)61-50(53(4,5)6)52(67)62-28-37(64)25-44(62)51(66)59-33(2)35-16-18-36(19-17-35)49-34(3)58-31-71-49/h10-11,14-19,26-27,31-33,37,44,48,50,60,64H,9,12-13,20-25,28-30H2,1-8H3,(H,59,66)(H,61,65)/t32-,33?,37-,44+,48-,50?/m1/s1. The number of thiazole rings is 1. The molecule has 0 saturated carbocycles. The summed E-state index contributed by atoms with van der Waals surface area (Å²) in [7, 11) is 0. The van der Waals surface area contributed by atoms with Gasteiger partial charge in [0.25, 0.3) is 0 Å². The molecule has 2 aliphatic heterocycles. The van der Waals surface area contributed by atoms with Gasteiger partial charge in [-0.05, 0) is 88.5 Å². The Hall–Kier alpha value is -5.33. The fourth-order valence-corrected chi connectivity index (χ4v) is 10.5. The van der Waals surface area contributed by atoms with Crippen molar-refractivity contribution in [3.8, 4) is 16.2 Å². The quantitative estimate of drug-likeness (QED) is 0.0527. The summed E-state index contributed by atoms with van der Waals surface area (Å²) in [6.07, 6.45) is 1.82. The molecule has 71 heavy (non-hydrogen) atoms. The van der Waals surface area contributed by atoms with Gasteiger partial charge in [-0.1, -0.05) is 63.2 Å². The number of H-pyrrole nitrogens is 1. The number of aliphatic hydroxyl groups is 1. The van der Waals surface area contributed by atoms with Gasteiger partial charge in [-0.2, -0.15) is 0 Å². The van der Waals surface area contributed by atoms with Crippen molar-refractivity contribution in [1.82, 2.24) is 30.4 Å². The molecule has 13 nitrogen and oxygen atoms in total. The second-order valence-corrected chi connectivity index (χ2v) is 21.5. The lowest BCUT2D eigenvalue weighted by atomic mass is 9.85. The van der Waals surface area contributed by atoms with Gasteiger partial charge in [-0.15, -0.1) is 11.3 Å². The third-order valence-electron chi connectivity index (χ3n) is 13.3. The van der Waals surface area contributed by atoms with Crippen LogP contribution in [-0.4, -0.2) is 119 Å². The molecule has 0 aliphatic carbocycles. The zero-order valence-electron chi connectivity index (χ0n) is 42.1. The lowest BCUT2D eigenvalue weighted by Gasteiger charge is -2.43. The molecule has 3 amide bonds. The van der Waals surface area contributed by atoms with E-state index in [0.717, 1.165) is 44.6 Å². The number of β-amino-alcohol motifs (C(OH)–C–C–N with tert-alkyl or cyclic N) is 1. The highest BCUT2D eigenvalue weighted by Gasteiger charge is 2.45. The first-order valence-corrected chi connectivity index (χ1v) is 25.5. The maximum atomic E-state index is 16.0. The molecule has 7 rings (SSSR count). The first-order chi connectivity index (χ1) is 33.7. The Morgan fingerprint density at radius 1 is 0.944 bits per heavy atom. The van der Waals surface area contributed by atoms with E-state index < -0.39 is 58.8 Å². The number of aliphatic hydroxyl groups excluding tert-OH is 1. The fraction of sp³-hybridized carbons (Fsp3) is 0.519. The molecule has 4 heterocycles. The molecule has 5 aromatic rings. The van der Waals surface area contributed by atoms with Crippen molar-refractivity contribution in [2.45, 2.75) is 129 Å². The second-order valence-electron chi connectivity index (χ2n) is 20.7. The number of rotatable bonds is 21. The van der Waals surface area contributed by atoms with Crippen molar-refractivity contribution < 1.29 is 46.9 Å². The first kappa shape index (κ1) is 53.5. The topological polar surface area (TPSA) is 158 Å². The van der Waals surface area contributed by atoms with Gasteiger partial charge >= 0.3 is 0 Å². The zero-order valence-corrected chi connectivity index (χ0v) is 42.9. The molecule has 0 radical (unpaired) electrons. The Kier molecular flexibility index (Phi) is 17.4. The number of hydrogen-bond donors (Lipinski definition) is 4. The van der Waals surface area contributed by atoms with Crippen LogP contribution in [0.5, 0.6) is 5.75 Å². The third kappa shape index (κ3) is 13.2. The summed E-state index contributed by atoms with van der Waals surface area (Å²) >= 11 is 1.56. The van der Waals surface area contributed by atoms with Crippen molar-refractivity contribution >= 4 is 40.0 Å². The molecule has 384 valence electrons. The van der Waals surface area contributed by atoms with Gasteiger partial charge < -0.3 is 39.8 Å². The number of aromatic nitrogens is 2. The number of hydrogen-bond acceptors (Lipinski definition) is 10. The van der Waals surface area contributed by atoms with E-state index in [4.69, 9.17) is 14.2 Å². The van der Waals surface area contributed by atoms with Gasteiger partial charge in [0, 0.05) is 66.5 Å². The van der Waals surface area contributed by atoms with Crippen molar-refractivity contribution in [3.63, 3.8) is 0 Å². The molecule has 3 aromatic carbocycles. The van der Waals surface area contributed by atoms with E-state index in [9.17, 15) is 19.5 Å². The van der Waals surface area contributed by atoms with Crippen molar-refractivity contribution in [1.29, 1.82) is 0 Å². The summed E-state index contributed by atoms with van der Waals surface area (Å²) in [6.45, 7) is 14.8. The van der Waals surface area contributed by atoms with E-state index in [1.165, 1.54) is 30.9 Å². The Morgan fingerprint density at radius 3 is 2.31 bits per heavy atom. The summed E-state index contributed by atoms with van der Waals surface area (Å²) in [5.41, 5.74) is 4.72. The van der Waals surface area contributed by atoms with E-state index in [0.29, 0.717) is 31.6 Å². The number of unbranched alkanes of at least 4 members (excludes halogenated alkanes) is 2. The van der Waals surface area contributed by atoms with E-state index in [2.05, 4.69) is 20.6 Å². The van der Waals surface area contributed by atoms with Gasteiger partial charge in [0.2, 0.25) is 17.7 Å². The molecule has 2 unspecified atom stereocenters. The zero-order chi connectivity index (χ0) is 51.2. The minimum atomic E-state index is -1.60. The summed E-state index contributed by atoms with van der Waals surface area (Å²) in [5, 5.41) is 17.4. The van der Waals surface area contributed by atoms with Crippen LogP contribution in [0.2, 0.25) is 0 Å². The van der Waals surface area contributed by atoms with E-state index in [1.54, 1.807) is 16.8 Å². The molecule has 4 N–H and O–H groups in total. The number of carbonyl (C=O) groups excluding carboxylic acids is 3. The molecule has 2 aromatic heterocycles. The number of ether oxygens (including phenoxy) is 3. The highest BCUT2D eigenvalue weighted by atomic mass is 32.1. The van der Waals surface area contributed by atoms with Gasteiger partial charge in [0.1, 0.15) is 41.7 Å². The molecule has 6 atom stereocenters. The molecule has 0 spiro atoms. The number of para-hydroxylation sites is 1. The lowest BCUT2D eigenvalue weighted by molar-refractivity contribution is -0.144. The number of benzene rings is 3. The molecule has 1 fully saturated rings. The Morgan fingerprint density at radius 2 is 1.63 bits per heavy atom. The Bertz CT molecular complexity index is 2600. The second kappa shape index (κ2) is 23.0. The molecule has 2 aliphatic rings. The molecular formula is C54H69F3N6O7S. The normalized spacial score (nSPS) is 19.4. The van der Waals surface area contributed by atoms with E-state index in [1.807, 2.05) is 95.0 Å².